The average Bonchev–Trinajstić information content (AvgIpc) is 2.28. The van der Waals surface area contributed by atoms with E-state index in [1.165, 1.54) is 12.3 Å². The van der Waals surface area contributed by atoms with E-state index in [1.807, 2.05) is 0 Å². The molecule has 0 fully saturated rings. The molecule has 2 unspecified atom stereocenters. The standard InChI is InChI=1S/C11H17FN2O2/c1-7-5-8(6-14-11(7)12)10(16)9(15)3-4-13-2/h5-6,9-10,13,15-16H,3-4H2,1-2H3. The average molecular weight is 228 g/mol. The van der Waals surface area contributed by atoms with Gasteiger partial charge in [0.15, 0.2) is 0 Å². The van der Waals surface area contributed by atoms with E-state index >= 15 is 0 Å². The Kier molecular flexibility index (Phi) is 4.79. The highest BCUT2D eigenvalue weighted by molar-refractivity contribution is 5.20. The number of aryl methyl sites for hydroxylation is 1. The van der Waals surface area contributed by atoms with Crippen LogP contribution in [-0.2, 0) is 0 Å². The molecule has 1 heterocycles. The number of aliphatic hydroxyl groups is 2. The van der Waals surface area contributed by atoms with Gasteiger partial charge in [0.05, 0.1) is 6.10 Å². The number of hydrogen-bond donors (Lipinski definition) is 3. The van der Waals surface area contributed by atoms with Crippen LogP contribution in [0.4, 0.5) is 4.39 Å². The number of aliphatic hydroxyl groups excluding tert-OH is 2. The number of halogens is 1. The van der Waals surface area contributed by atoms with Crippen molar-refractivity contribution < 1.29 is 14.6 Å². The molecular formula is C11H17FN2O2. The predicted molar refractivity (Wildman–Crippen MR) is 58.4 cm³/mol. The molecule has 0 saturated heterocycles. The van der Waals surface area contributed by atoms with Gasteiger partial charge in [0.1, 0.15) is 6.10 Å². The van der Waals surface area contributed by atoms with Gasteiger partial charge < -0.3 is 15.5 Å². The highest BCUT2D eigenvalue weighted by Crippen LogP contribution is 2.19. The molecule has 90 valence electrons. The first kappa shape index (κ1) is 13.0. The highest BCUT2D eigenvalue weighted by atomic mass is 19.1. The molecule has 0 aliphatic rings. The van der Waals surface area contributed by atoms with Crippen LogP contribution >= 0.6 is 0 Å². The maximum Gasteiger partial charge on any atom is 0.215 e. The Morgan fingerprint density at radius 3 is 2.75 bits per heavy atom. The lowest BCUT2D eigenvalue weighted by Gasteiger charge is -2.18. The van der Waals surface area contributed by atoms with Crippen LogP contribution in [0.2, 0.25) is 0 Å². The normalized spacial score (nSPS) is 14.8. The van der Waals surface area contributed by atoms with E-state index in [0.717, 1.165) is 0 Å². The fraction of sp³-hybridized carbons (Fsp3) is 0.545. The molecule has 16 heavy (non-hydrogen) atoms. The second kappa shape index (κ2) is 5.89. The van der Waals surface area contributed by atoms with Crippen molar-refractivity contribution in [1.82, 2.24) is 10.3 Å². The molecular weight excluding hydrogens is 211 g/mol. The summed E-state index contributed by atoms with van der Waals surface area (Å²) in [7, 11) is 1.77. The third-order valence-corrected chi connectivity index (χ3v) is 2.43. The summed E-state index contributed by atoms with van der Waals surface area (Å²) < 4.78 is 12.9. The van der Waals surface area contributed by atoms with Crippen LogP contribution in [0.5, 0.6) is 0 Å². The molecule has 4 nitrogen and oxygen atoms in total. The van der Waals surface area contributed by atoms with Crippen LogP contribution in [0.3, 0.4) is 0 Å². The smallest absolute Gasteiger partial charge is 0.215 e. The maximum atomic E-state index is 12.9. The Bertz CT molecular complexity index is 347. The lowest BCUT2D eigenvalue weighted by Crippen LogP contribution is -2.23. The summed E-state index contributed by atoms with van der Waals surface area (Å²) in [5.74, 6) is -0.555. The summed E-state index contributed by atoms with van der Waals surface area (Å²) in [6.45, 7) is 2.17. The zero-order valence-corrected chi connectivity index (χ0v) is 9.44. The number of nitrogens with one attached hydrogen (secondary N) is 1. The molecule has 3 N–H and O–H groups in total. The number of nitrogens with zero attached hydrogens (tertiary/aromatic N) is 1. The van der Waals surface area contributed by atoms with Gasteiger partial charge in [-0.3, -0.25) is 0 Å². The molecule has 1 aromatic rings. The van der Waals surface area contributed by atoms with E-state index in [-0.39, 0.29) is 0 Å². The van der Waals surface area contributed by atoms with Gasteiger partial charge >= 0.3 is 0 Å². The lowest BCUT2D eigenvalue weighted by atomic mass is 10.0. The molecule has 5 heteroatoms. The van der Waals surface area contributed by atoms with E-state index in [0.29, 0.717) is 24.1 Å². The van der Waals surface area contributed by atoms with Gasteiger partial charge in [0, 0.05) is 17.3 Å². The Hall–Kier alpha value is -1.04. The van der Waals surface area contributed by atoms with Crippen LogP contribution in [0.25, 0.3) is 0 Å². The first-order valence-electron chi connectivity index (χ1n) is 5.19. The molecule has 0 aromatic carbocycles. The topological polar surface area (TPSA) is 65.4 Å². The van der Waals surface area contributed by atoms with Crippen molar-refractivity contribution >= 4 is 0 Å². The van der Waals surface area contributed by atoms with Crippen molar-refractivity contribution in [2.24, 2.45) is 0 Å². The summed E-state index contributed by atoms with van der Waals surface area (Å²) in [6, 6.07) is 1.50. The first-order valence-corrected chi connectivity index (χ1v) is 5.19. The molecule has 0 bridgehead atoms. The SMILES string of the molecule is CNCCC(O)C(O)c1cnc(F)c(C)c1. The zero-order valence-electron chi connectivity index (χ0n) is 9.44. The minimum atomic E-state index is -1.03. The van der Waals surface area contributed by atoms with E-state index in [9.17, 15) is 14.6 Å². The molecule has 0 aliphatic heterocycles. The second-order valence-corrected chi connectivity index (χ2v) is 3.78. The largest absolute Gasteiger partial charge is 0.390 e. The molecule has 2 atom stereocenters. The summed E-state index contributed by atoms with van der Waals surface area (Å²) >= 11 is 0. The molecule has 0 spiro atoms. The van der Waals surface area contributed by atoms with Crippen molar-refractivity contribution in [3.05, 3.63) is 29.3 Å². The zero-order chi connectivity index (χ0) is 12.1. The van der Waals surface area contributed by atoms with Crippen LogP contribution < -0.4 is 5.32 Å². The summed E-state index contributed by atoms with van der Waals surface area (Å²) in [6.07, 6.45) is -0.233. The maximum absolute atomic E-state index is 12.9. The molecule has 0 saturated carbocycles. The van der Waals surface area contributed by atoms with Crippen molar-refractivity contribution in [3.63, 3.8) is 0 Å². The minimum absolute atomic E-state index is 0.359. The molecule has 0 radical (unpaired) electrons. The quantitative estimate of drug-likeness (QED) is 0.643. The van der Waals surface area contributed by atoms with Gasteiger partial charge in [-0.15, -0.1) is 0 Å². The third kappa shape index (κ3) is 3.23. The monoisotopic (exact) mass is 228 g/mol. The Morgan fingerprint density at radius 1 is 1.50 bits per heavy atom. The van der Waals surface area contributed by atoms with Crippen molar-refractivity contribution in [3.8, 4) is 0 Å². The van der Waals surface area contributed by atoms with Crippen molar-refractivity contribution in [2.75, 3.05) is 13.6 Å². The number of aromatic nitrogens is 1. The summed E-state index contributed by atoms with van der Waals surface area (Å²) in [4.78, 5) is 3.51. The van der Waals surface area contributed by atoms with Crippen LogP contribution in [0, 0.1) is 12.9 Å². The molecule has 0 amide bonds. The van der Waals surface area contributed by atoms with Crippen LogP contribution in [-0.4, -0.2) is 34.9 Å². The number of hydrogen-bond acceptors (Lipinski definition) is 4. The van der Waals surface area contributed by atoms with E-state index in [2.05, 4.69) is 10.3 Å². The molecule has 0 aliphatic carbocycles. The highest BCUT2D eigenvalue weighted by Gasteiger charge is 2.18. The van der Waals surface area contributed by atoms with Gasteiger partial charge in [-0.25, -0.2) is 4.98 Å². The summed E-state index contributed by atoms with van der Waals surface area (Å²) in [5.41, 5.74) is 0.792. The van der Waals surface area contributed by atoms with Gasteiger partial charge in [0.25, 0.3) is 0 Å². The van der Waals surface area contributed by atoms with E-state index in [1.54, 1.807) is 14.0 Å². The van der Waals surface area contributed by atoms with Gasteiger partial charge in [-0.1, -0.05) is 0 Å². The number of pyridine rings is 1. The van der Waals surface area contributed by atoms with Crippen molar-refractivity contribution in [2.45, 2.75) is 25.6 Å². The van der Waals surface area contributed by atoms with Crippen LogP contribution in [0.15, 0.2) is 12.3 Å². The summed E-state index contributed by atoms with van der Waals surface area (Å²) in [5, 5.41) is 22.3. The molecule has 1 aromatic heterocycles. The van der Waals surface area contributed by atoms with E-state index < -0.39 is 18.2 Å². The lowest BCUT2D eigenvalue weighted by molar-refractivity contribution is 0.0137. The number of rotatable bonds is 5. The fourth-order valence-electron chi connectivity index (χ4n) is 1.41. The fourth-order valence-corrected chi connectivity index (χ4v) is 1.41. The Morgan fingerprint density at radius 2 is 2.19 bits per heavy atom. The predicted octanol–water partition coefficient (Wildman–Crippen LogP) is 0.533. The van der Waals surface area contributed by atoms with Gasteiger partial charge in [-0.2, -0.15) is 4.39 Å². The van der Waals surface area contributed by atoms with E-state index in [4.69, 9.17) is 0 Å². The minimum Gasteiger partial charge on any atom is -0.390 e. The Labute approximate surface area is 94.1 Å². The third-order valence-electron chi connectivity index (χ3n) is 2.43. The van der Waals surface area contributed by atoms with Crippen molar-refractivity contribution in [1.29, 1.82) is 0 Å². The van der Waals surface area contributed by atoms with Gasteiger partial charge in [0.2, 0.25) is 5.95 Å². The van der Waals surface area contributed by atoms with Gasteiger partial charge in [-0.05, 0) is 33.0 Å². The molecule has 1 rings (SSSR count). The first-order chi connectivity index (χ1) is 7.56. The van der Waals surface area contributed by atoms with Crippen LogP contribution in [0.1, 0.15) is 23.7 Å². The second-order valence-electron chi connectivity index (χ2n) is 3.78. The Balaban J connectivity index is 2.71.